The highest BCUT2D eigenvalue weighted by atomic mass is 15.2. The van der Waals surface area contributed by atoms with E-state index in [9.17, 15) is 0 Å². The Bertz CT molecular complexity index is 315. The molecule has 0 radical (unpaired) electrons. The number of nitriles is 3. The van der Waals surface area contributed by atoms with Gasteiger partial charge in [0.25, 0.3) is 0 Å². The predicted octanol–water partition coefficient (Wildman–Crippen LogP) is 1.74. The molecule has 0 amide bonds. The van der Waals surface area contributed by atoms with Crippen molar-refractivity contribution in [3.05, 3.63) is 0 Å². The lowest BCUT2D eigenvalue weighted by molar-refractivity contribution is 0.210. The molecule has 0 bridgehead atoms. The Hall–Kier alpha value is -1.61. The molecule has 19 heavy (non-hydrogen) atoms. The number of hydrogen-bond donors (Lipinski definition) is 0. The molecule has 5 nitrogen and oxygen atoms in total. The van der Waals surface area contributed by atoms with E-state index in [1.165, 1.54) is 0 Å². The van der Waals surface area contributed by atoms with Crippen LogP contribution in [-0.4, -0.2) is 49.1 Å². The third kappa shape index (κ3) is 10.0. The Morgan fingerprint density at radius 3 is 1.32 bits per heavy atom. The molecule has 104 valence electrons. The molecule has 0 aromatic rings. The molecule has 0 aliphatic carbocycles. The van der Waals surface area contributed by atoms with E-state index in [2.05, 4.69) is 34.9 Å². The fourth-order valence-electron chi connectivity index (χ4n) is 1.89. The topological polar surface area (TPSA) is 77.8 Å². The van der Waals surface area contributed by atoms with Gasteiger partial charge in [-0.2, -0.15) is 15.8 Å². The first-order valence-electron chi connectivity index (χ1n) is 6.84. The summed E-state index contributed by atoms with van der Waals surface area (Å²) in [4.78, 5) is 4.43. The van der Waals surface area contributed by atoms with E-state index in [0.717, 1.165) is 45.7 Å². The standard InChI is InChI=1S/C14H23N5/c1-2-9-18(10-3-6-15)13-14-19(11-4-7-16)12-5-8-17/h2-5,9-14H2,1H3. The van der Waals surface area contributed by atoms with Crippen molar-refractivity contribution in [3.8, 4) is 18.2 Å². The molecule has 0 atom stereocenters. The van der Waals surface area contributed by atoms with Gasteiger partial charge in [-0.25, -0.2) is 0 Å². The fourth-order valence-corrected chi connectivity index (χ4v) is 1.89. The summed E-state index contributed by atoms with van der Waals surface area (Å²) in [6, 6.07) is 6.45. The van der Waals surface area contributed by atoms with Gasteiger partial charge in [0, 0.05) is 52.0 Å². The first-order valence-corrected chi connectivity index (χ1v) is 6.84. The van der Waals surface area contributed by atoms with Crippen molar-refractivity contribution in [1.29, 1.82) is 15.8 Å². The van der Waals surface area contributed by atoms with E-state index in [1.54, 1.807) is 0 Å². The van der Waals surface area contributed by atoms with E-state index in [4.69, 9.17) is 15.8 Å². The van der Waals surface area contributed by atoms with Crippen molar-refractivity contribution in [1.82, 2.24) is 9.80 Å². The van der Waals surface area contributed by atoms with Crippen LogP contribution in [0, 0.1) is 34.0 Å². The van der Waals surface area contributed by atoms with Gasteiger partial charge in [-0.1, -0.05) is 6.92 Å². The Labute approximate surface area is 116 Å². The first kappa shape index (κ1) is 17.4. The van der Waals surface area contributed by atoms with Gasteiger partial charge in [-0.05, 0) is 13.0 Å². The molecule has 0 spiro atoms. The van der Waals surface area contributed by atoms with E-state index in [1.807, 2.05) is 0 Å². The van der Waals surface area contributed by atoms with E-state index >= 15 is 0 Å². The highest BCUT2D eigenvalue weighted by molar-refractivity contribution is 4.78. The number of rotatable bonds is 11. The van der Waals surface area contributed by atoms with Gasteiger partial charge >= 0.3 is 0 Å². The van der Waals surface area contributed by atoms with Gasteiger partial charge in [0.15, 0.2) is 0 Å². The summed E-state index contributed by atoms with van der Waals surface area (Å²) in [6.45, 7) is 7.11. The molecule has 0 aliphatic heterocycles. The lowest BCUT2D eigenvalue weighted by Gasteiger charge is -2.26. The summed E-state index contributed by atoms with van der Waals surface area (Å²) >= 11 is 0. The van der Waals surface area contributed by atoms with Crippen LogP contribution in [-0.2, 0) is 0 Å². The Morgan fingerprint density at radius 1 is 0.632 bits per heavy atom. The number of nitrogens with zero attached hydrogens (tertiary/aromatic N) is 5. The molecule has 0 aliphatic rings. The fraction of sp³-hybridized carbons (Fsp3) is 0.786. The second kappa shape index (κ2) is 12.8. The van der Waals surface area contributed by atoms with Gasteiger partial charge < -0.3 is 9.80 Å². The van der Waals surface area contributed by atoms with Crippen LogP contribution in [0.5, 0.6) is 0 Å². The van der Waals surface area contributed by atoms with Crippen LogP contribution in [0.15, 0.2) is 0 Å². The second-order valence-electron chi connectivity index (χ2n) is 4.41. The molecule has 0 N–H and O–H groups in total. The highest BCUT2D eigenvalue weighted by Crippen LogP contribution is 1.98. The lowest BCUT2D eigenvalue weighted by Crippen LogP contribution is -2.37. The van der Waals surface area contributed by atoms with Gasteiger partial charge in [-0.15, -0.1) is 0 Å². The van der Waals surface area contributed by atoms with Crippen LogP contribution in [0.25, 0.3) is 0 Å². The highest BCUT2D eigenvalue weighted by Gasteiger charge is 2.08. The lowest BCUT2D eigenvalue weighted by atomic mass is 10.3. The van der Waals surface area contributed by atoms with E-state index in [0.29, 0.717) is 19.3 Å². The molecule has 0 rings (SSSR count). The summed E-state index contributed by atoms with van der Waals surface area (Å²) < 4.78 is 0. The van der Waals surface area contributed by atoms with Crippen molar-refractivity contribution in [2.45, 2.75) is 32.6 Å². The van der Waals surface area contributed by atoms with Gasteiger partial charge in [0.1, 0.15) is 0 Å². The van der Waals surface area contributed by atoms with E-state index < -0.39 is 0 Å². The van der Waals surface area contributed by atoms with Gasteiger partial charge in [-0.3, -0.25) is 0 Å². The second-order valence-corrected chi connectivity index (χ2v) is 4.41. The summed E-state index contributed by atoms with van der Waals surface area (Å²) in [7, 11) is 0. The van der Waals surface area contributed by atoms with Crippen molar-refractivity contribution >= 4 is 0 Å². The maximum Gasteiger partial charge on any atom is 0.0635 e. The first-order chi connectivity index (χ1) is 9.28. The summed E-state index contributed by atoms with van der Waals surface area (Å²) in [5.74, 6) is 0. The summed E-state index contributed by atoms with van der Waals surface area (Å²) in [5.41, 5.74) is 0. The van der Waals surface area contributed by atoms with Crippen LogP contribution in [0.1, 0.15) is 32.6 Å². The summed E-state index contributed by atoms with van der Waals surface area (Å²) in [6.07, 6.45) is 2.62. The third-order valence-electron chi connectivity index (χ3n) is 2.89. The minimum Gasteiger partial charge on any atom is -0.301 e. The molecular formula is C14H23N5. The van der Waals surface area contributed by atoms with Crippen molar-refractivity contribution in [2.75, 3.05) is 39.3 Å². The smallest absolute Gasteiger partial charge is 0.0635 e. The van der Waals surface area contributed by atoms with Crippen LogP contribution in [0.3, 0.4) is 0 Å². The maximum atomic E-state index is 8.63. The van der Waals surface area contributed by atoms with Crippen LogP contribution in [0.2, 0.25) is 0 Å². The third-order valence-corrected chi connectivity index (χ3v) is 2.89. The van der Waals surface area contributed by atoms with Crippen LogP contribution >= 0.6 is 0 Å². The molecule has 5 heteroatoms. The minimum absolute atomic E-state index is 0.497. The molecule has 0 aromatic carbocycles. The van der Waals surface area contributed by atoms with Crippen molar-refractivity contribution in [2.24, 2.45) is 0 Å². The maximum absolute atomic E-state index is 8.63. The van der Waals surface area contributed by atoms with Crippen LogP contribution < -0.4 is 0 Å². The zero-order valence-corrected chi connectivity index (χ0v) is 11.8. The molecule has 0 heterocycles. The minimum atomic E-state index is 0.497. The molecule has 0 saturated heterocycles. The van der Waals surface area contributed by atoms with Gasteiger partial charge in [0.2, 0.25) is 0 Å². The van der Waals surface area contributed by atoms with E-state index in [-0.39, 0.29) is 0 Å². The Morgan fingerprint density at radius 2 is 1.00 bits per heavy atom. The quantitative estimate of drug-likeness (QED) is 0.566. The SMILES string of the molecule is CCCN(CCC#N)CCN(CCC#N)CCC#N. The molecule has 0 saturated carbocycles. The van der Waals surface area contributed by atoms with Crippen LogP contribution in [0.4, 0.5) is 0 Å². The van der Waals surface area contributed by atoms with Crippen molar-refractivity contribution < 1.29 is 0 Å². The number of hydrogen-bond acceptors (Lipinski definition) is 5. The normalized spacial score (nSPS) is 10.1. The molecule has 0 fully saturated rings. The zero-order chi connectivity index (χ0) is 14.3. The van der Waals surface area contributed by atoms with Gasteiger partial charge in [0.05, 0.1) is 18.2 Å². The Kier molecular flexibility index (Phi) is 11.7. The largest absolute Gasteiger partial charge is 0.301 e. The molecule has 0 aromatic heterocycles. The zero-order valence-electron chi connectivity index (χ0n) is 11.8. The molecule has 0 unspecified atom stereocenters. The Balaban J connectivity index is 4.12. The van der Waals surface area contributed by atoms with Crippen molar-refractivity contribution in [3.63, 3.8) is 0 Å². The average molecular weight is 261 g/mol. The monoisotopic (exact) mass is 261 g/mol. The average Bonchev–Trinajstić information content (AvgIpc) is 2.43. The summed E-state index contributed by atoms with van der Waals surface area (Å²) in [5, 5.41) is 25.9. The molecular weight excluding hydrogens is 238 g/mol. The predicted molar refractivity (Wildman–Crippen MR) is 73.9 cm³/mol.